The van der Waals surface area contributed by atoms with Crippen molar-refractivity contribution in [2.75, 3.05) is 0 Å². The van der Waals surface area contributed by atoms with Crippen molar-refractivity contribution in [1.82, 2.24) is 9.55 Å². The third-order valence-corrected chi connectivity index (χ3v) is 4.41. The maximum atomic E-state index is 14.1. The molecule has 3 rings (SSSR count). The predicted molar refractivity (Wildman–Crippen MR) is 96.5 cm³/mol. The van der Waals surface area contributed by atoms with Crippen molar-refractivity contribution < 1.29 is 14.3 Å². The number of hydrogen-bond donors (Lipinski definition) is 1. The maximum absolute atomic E-state index is 14.1. The minimum Gasteiger partial charge on any atom is -0.380 e. The van der Waals surface area contributed by atoms with Gasteiger partial charge in [-0.15, -0.1) is 0 Å². The first-order valence-corrected chi connectivity index (χ1v) is 8.14. The molecule has 5 nitrogen and oxygen atoms in total. The first kappa shape index (κ1) is 17.8. The highest BCUT2D eigenvalue weighted by Gasteiger charge is 2.31. The van der Waals surface area contributed by atoms with E-state index in [1.165, 1.54) is 23.9 Å². The molecule has 0 amide bonds. The Kier molecular flexibility index (Phi) is 4.58. The van der Waals surface area contributed by atoms with Gasteiger partial charge in [-0.1, -0.05) is 24.3 Å². The molecule has 0 radical (unpaired) electrons. The highest BCUT2D eigenvalue weighted by atomic mass is 19.1. The number of aromatic nitrogens is 2. The van der Waals surface area contributed by atoms with Gasteiger partial charge in [0.1, 0.15) is 16.9 Å². The SMILES string of the molecule is [C-]#[N+]c1ccc(CC(=O)[C@@](C)(O)Cn2cnc3cccc(F)c32)cc1C. The van der Waals surface area contributed by atoms with Crippen LogP contribution < -0.4 is 0 Å². The molecule has 0 unspecified atom stereocenters. The summed E-state index contributed by atoms with van der Waals surface area (Å²) in [6, 6.07) is 9.70. The number of halogens is 1. The zero-order chi connectivity index (χ0) is 18.9. The van der Waals surface area contributed by atoms with Crippen LogP contribution in [0.3, 0.4) is 0 Å². The topological polar surface area (TPSA) is 59.5 Å². The Bertz CT molecular complexity index is 1030. The smallest absolute Gasteiger partial charge is 0.190 e. The van der Waals surface area contributed by atoms with Crippen LogP contribution in [0.5, 0.6) is 0 Å². The number of fused-ring (bicyclic) bond motifs is 1. The Balaban J connectivity index is 1.82. The number of aryl methyl sites for hydroxylation is 1. The number of rotatable bonds is 5. The first-order valence-electron chi connectivity index (χ1n) is 8.14. The molecular formula is C20H18FN3O2. The fourth-order valence-electron chi connectivity index (χ4n) is 2.95. The van der Waals surface area contributed by atoms with E-state index in [4.69, 9.17) is 6.57 Å². The molecule has 3 aromatic rings. The third-order valence-electron chi connectivity index (χ3n) is 4.41. The third kappa shape index (κ3) is 3.35. The normalized spacial score (nSPS) is 13.3. The molecule has 6 heteroatoms. The molecule has 26 heavy (non-hydrogen) atoms. The summed E-state index contributed by atoms with van der Waals surface area (Å²) in [5.74, 6) is -0.834. The number of carbonyl (C=O) groups is 1. The van der Waals surface area contributed by atoms with Gasteiger partial charge in [0.2, 0.25) is 0 Å². The lowest BCUT2D eigenvalue weighted by Crippen LogP contribution is -2.40. The van der Waals surface area contributed by atoms with Crippen LogP contribution in [0.1, 0.15) is 18.1 Å². The summed E-state index contributed by atoms with van der Waals surface area (Å²) in [5.41, 5.74) is 1.10. The average molecular weight is 351 g/mol. The predicted octanol–water partition coefficient (Wildman–Crippen LogP) is 3.60. The van der Waals surface area contributed by atoms with Crippen molar-refractivity contribution in [1.29, 1.82) is 0 Å². The Morgan fingerprint density at radius 3 is 2.85 bits per heavy atom. The van der Waals surface area contributed by atoms with Gasteiger partial charge in [-0.05, 0) is 37.1 Å². The Morgan fingerprint density at radius 2 is 2.15 bits per heavy atom. The molecule has 1 N–H and O–H groups in total. The van der Waals surface area contributed by atoms with Crippen molar-refractivity contribution in [2.45, 2.75) is 32.4 Å². The maximum Gasteiger partial charge on any atom is 0.190 e. The van der Waals surface area contributed by atoms with Crippen molar-refractivity contribution in [2.24, 2.45) is 0 Å². The molecule has 0 aliphatic carbocycles. The summed E-state index contributed by atoms with van der Waals surface area (Å²) < 4.78 is 15.5. The van der Waals surface area contributed by atoms with Gasteiger partial charge in [0, 0.05) is 6.42 Å². The number of benzene rings is 2. The number of hydrogen-bond acceptors (Lipinski definition) is 3. The highest BCUT2D eigenvalue weighted by molar-refractivity contribution is 5.89. The monoisotopic (exact) mass is 351 g/mol. The fraction of sp³-hybridized carbons (Fsp3) is 0.250. The molecule has 2 aromatic carbocycles. The second-order valence-corrected chi connectivity index (χ2v) is 6.59. The van der Waals surface area contributed by atoms with E-state index in [0.717, 1.165) is 11.1 Å². The number of Topliss-reactive ketones (excluding diaryl/α,β-unsaturated/α-hetero) is 1. The zero-order valence-corrected chi connectivity index (χ0v) is 14.5. The van der Waals surface area contributed by atoms with Crippen molar-refractivity contribution in [3.05, 3.63) is 71.1 Å². The van der Waals surface area contributed by atoms with Crippen LogP contribution >= 0.6 is 0 Å². The average Bonchev–Trinajstić information content (AvgIpc) is 2.98. The molecular weight excluding hydrogens is 333 g/mol. The van der Waals surface area contributed by atoms with E-state index in [-0.39, 0.29) is 24.3 Å². The van der Waals surface area contributed by atoms with Crippen LogP contribution in [-0.4, -0.2) is 26.0 Å². The highest BCUT2D eigenvalue weighted by Crippen LogP contribution is 2.23. The Labute approximate surface area is 150 Å². The summed E-state index contributed by atoms with van der Waals surface area (Å²) >= 11 is 0. The number of ketones is 1. The van der Waals surface area contributed by atoms with Crippen LogP contribution in [0.15, 0.2) is 42.7 Å². The van der Waals surface area contributed by atoms with E-state index in [1.54, 1.807) is 37.3 Å². The van der Waals surface area contributed by atoms with E-state index < -0.39 is 11.4 Å². The number of para-hydroxylation sites is 1. The standard InChI is InChI=1S/C20H18FN3O2/c1-13-9-14(7-8-16(13)22-3)10-18(25)20(2,26)11-24-12-23-17-6-4-5-15(21)19(17)24/h4-9,12,26H,10-11H2,1-2H3/t20-/m0/s1. The molecule has 0 saturated carbocycles. The van der Waals surface area contributed by atoms with E-state index in [1.807, 2.05) is 0 Å². The second kappa shape index (κ2) is 6.70. The summed E-state index contributed by atoms with van der Waals surface area (Å²) in [7, 11) is 0. The van der Waals surface area contributed by atoms with Crippen molar-refractivity contribution in [3.8, 4) is 0 Å². The lowest BCUT2D eigenvalue weighted by molar-refractivity contribution is -0.136. The molecule has 132 valence electrons. The van der Waals surface area contributed by atoms with Gasteiger partial charge in [-0.25, -0.2) is 14.2 Å². The quantitative estimate of drug-likeness (QED) is 0.715. The summed E-state index contributed by atoms with van der Waals surface area (Å²) in [5, 5.41) is 10.7. The van der Waals surface area contributed by atoms with Crippen molar-refractivity contribution >= 4 is 22.5 Å². The van der Waals surface area contributed by atoms with Gasteiger partial charge in [0.05, 0.1) is 25.0 Å². The number of imidazole rings is 1. The van der Waals surface area contributed by atoms with Crippen LogP contribution in [0.4, 0.5) is 10.1 Å². The van der Waals surface area contributed by atoms with Gasteiger partial charge in [-0.2, -0.15) is 0 Å². The van der Waals surface area contributed by atoms with Gasteiger partial charge in [-0.3, -0.25) is 4.79 Å². The zero-order valence-electron chi connectivity index (χ0n) is 14.5. The molecule has 1 heterocycles. The fourth-order valence-corrected chi connectivity index (χ4v) is 2.95. The van der Waals surface area contributed by atoms with E-state index in [0.29, 0.717) is 11.2 Å². The van der Waals surface area contributed by atoms with E-state index >= 15 is 0 Å². The minimum absolute atomic E-state index is 0.0290. The molecule has 1 aromatic heterocycles. The summed E-state index contributed by atoms with van der Waals surface area (Å²) in [6.45, 7) is 10.2. The molecule has 0 saturated heterocycles. The lowest BCUT2D eigenvalue weighted by Gasteiger charge is -2.23. The second-order valence-electron chi connectivity index (χ2n) is 6.59. The molecule has 0 aliphatic rings. The van der Waals surface area contributed by atoms with Crippen LogP contribution in [0.25, 0.3) is 15.9 Å². The number of nitrogens with zero attached hydrogens (tertiary/aromatic N) is 3. The van der Waals surface area contributed by atoms with E-state index in [9.17, 15) is 14.3 Å². The largest absolute Gasteiger partial charge is 0.380 e. The molecule has 0 bridgehead atoms. The number of carbonyl (C=O) groups excluding carboxylic acids is 1. The van der Waals surface area contributed by atoms with Gasteiger partial charge < -0.3 is 9.67 Å². The summed E-state index contributed by atoms with van der Waals surface area (Å²) in [4.78, 5) is 20.1. The van der Waals surface area contributed by atoms with Crippen LogP contribution in [0, 0.1) is 19.3 Å². The summed E-state index contributed by atoms with van der Waals surface area (Å²) in [6.07, 6.45) is 1.45. The minimum atomic E-state index is -1.68. The van der Waals surface area contributed by atoms with Crippen LogP contribution in [-0.2, 0) is 17.8 Å². The molecule has 0 fully saturated rings. The van der Waals surface area contributed by atoms with E-state index in [2.05, 4.69) is 9.83 Å². The lowest BCUT2D eigenvalue weighted by atomic mass is 9.94. The molecule has 1 atom stereocenters. The van der Waals surface area contributed by atoms with Crippen LogP contribution in [0.2, 0.25) is 0 Å². The first-order chi connectivity index (χ1) is 12.3. The van der Waals surface area contributed by atoms with Gasteiger partial charge >= 0.3 is 0 Å². The number of aliphatic hydroxyl groups is 1. The van der Waals surface area contributed by atoms with Gasteiger partial charge in [0.15, 0.2) is 11.5 Å². The van der Waals surface area contributed by atoms with Gasteiger partial charge in [0.25, 0.3) is 0 Å². The van der Waals surface area contributed by atoms with Crippen molar-refractivity contribution in [3.63, 3.8) is 0 Å². The molecule has 0 aliphatic heterocycles. The molecule has 0 spiro atoms. The Morgan fingerprint density at radius 1 is 1.38 bits per heavy atom. The Hall–Kier alpha value is -3.04.